The molecule has 144 valence electrons. The Morgan fingerprint density at radius 3 is 2.79 bits per heavy atom. The summed E-state index contributed by atoms with van der Waals surface area (Å²) in [5.74, 6) is 0.876. The quantitative estimate of drug-likeness (QED) is 0.429. The fraction of sp³-hybridized carbons (Fsp3) is 0.318. The van der Waals surface area contributed by atoms with Crippen molar-refractivity contribution < 1.29 is 4.74 Å². The average Bonchev–Trinajstić information content (AvgIpc) is 3.33. The predicted octanol–water partition coefficient (Wildman–Crippen LogP) is 4.88. The van der Waals surface area contributed by atoms with Gasteiger partial charge in [0.1, 0.15) is 16.8 Å². The van der Waals surface area contributed by atoms with Gasteiger partial charge in [-0.15, -0.1) is 0 Å². The molecule has 0 atom stereocenters. The third kappa shape index (κ3) is 4.22. The number of unbranched alkanes of at least 4 members (excludes halogenated alkanes) is 1. The molecule has 0 aliphatic carbocycles. The number of aryl methyl sites for hydroxylation is 1. The third-order valence-electron chi connectivity index (χ3n) is 4.88. The molecule has 5 nitrogen and oxygen atoms in total. The Labute approximate surface area is 169 Å². The van der Waals surface area contributed by atoms with Crippen molar-refractivity contribution in [2.24, 2.45) is 0 Å². The summed E-state index contributed by atoms with van der Waals surface area (Å²) in [6.07, 6.45) is 6.38. The molecule has 0 N–H and O–H groups in total. The van der Waals surface area contributed by atoms with Gasteiger partial charge >= 0.3 is 0 Å². The lowest BCUT2D eigenvalue weighted by atomic mass is 10.0. The van der Waals surface area contributed by atoms with Crippen molar-refractivity contribution in [3.8, 4) is 5.75 Å². The van der Waals surface area contributed by atoms with Gasteiger partial charge < -0.3 is 4.74 Å². The van der Waals surface area contributed by atoms with Crippen LogP contribution in [0.3, 0.4) is 0 Å². The van der Waals surface area contributed by atoms with Gasteiger partial charge in [-0.25, -0.2) is 0 Å². The first-order valence-corrected chi connectivity index (χ1v) is 10.4. The van der Waals surface area contributed by atoms with E-state index in [4.69, 9.17) is 9.84 Å². The van der Waals surface area contributed by atoms with E-state index in [0.717, 1.165) is 42.6 Å². The molecule has 2 aromatic carbocycles. The highest BCUT2D eigenvalue weighted by atomic mass is 32.1. The summed E-state index contributed by atoms with van der Waals surface area (Å²) in [7, 11) is 1.70. The molecular weight excluding hydrogens is 368 g/mol. The van der Waals surface area contributed by atoms with Gasteiger partial charge in [-0.3, -0.25) is 4.68 Å². The third-order valence-corrected chi connectivity index (χ3v) is 5.44. The topological polar surface area (TPSA) is 52.8 Å². The molecule has 0 saturated heterocycles. The second-order valence-corrected chi connectivity index (χ2v) is 7.55. The van der Waals surface area contributed by atoms with Crippen LogP contribution in [0.5, 0.6) is 5.75 Å². The molecule has 0 fully saturated rings. The Morgan fingerprint density at radius 1 is 1.04 bits per heavy atom. The van der Waals surface area contributed by atoms with E-state index in [1.807, 2.05) is 12.1 Å². The van der Waals surface area contributed by atoms with E-state index in [2.05, 4.69) is 56.9 Å². The number of hydrogen-bond acceptors (Lipinski definition) is 5. The summed E-state index contributed by atoms with van der Waals surface area (Å²) in [5.41, 5.74) is 6.86. The summed E-state index contributed by atoms with van der Waals surface area (Å²) in [5, 5.41) is 4.90. The molecule has 0 amide bonds. The van der Waals surface area contributed by atoms with E-state index in [9.17, 15) is 0 Å². The molecule has 4 aromatic rings. The standard InChI is InChI=1S/C22H24N4OS/c1-3-4-8-20-18(11-16-9-10-21-22(13-16)25-28-24-21)15-26(23-20)14-17-6-5-7-19(12-17)27-2/h5-7,9-10,12-13,15H,3-4,8,11,14H2,1-2H3. The number of hydrogen-bond donors (Lipinski definition) is 0. The highest BCUT2D eigenvalue weighted by molar-refractivity contribution is 7.00. The highest BCUT2D eigenvalue weighted by Crippen LogP contribution is 2.20. The lowest BCUT2D eigenvalue weighted by molar-refractivity contribution is 0.414. The molecule has 28 heavy (non-hydrogen) atoms. The molecule has 2 heterocycles. The SMILES string of the molecule is CCCCc1nn(Cc2cccc(OC)c2)cc1Cc1ccc2nsnc2c1. The second-order valence-electron chi connectivity index (χ2n) is 7.02. The van der Waals surface area contributed by atoms with Gasteiger partial charge in [-0.1, -0.05) is 31.5 Å². The van der Waals surface area contributed by atoms with E-state index in [0.29, 0.717) is 0 Å². The molecule has 2 aromatic heterocycles. The van der Waals surface area contributed by atoms with Gasteiger partial charge in [0.05, 0.1) is 31.1 Å². The largest absolute Gasteiger partial charge is 0.497 e. The van der Waals surface area contributed by atoms with Crippen LogP contribution in [0.2, 0.25) is 0 Å². The zero-order chi connectivity index (χ0) is 19.3. The zero-order valence-electron chi connectivity index (χ0n) is 16.3. The van der Waals surface area contributed by atoms with Gasteiger partial charge in [0, 0.05) is 12.6 Å². The fourth-order valence-electron chi connectivity index (χ4n) is 3.40. The molecule has 0 spiro atoms. The lowest BCUT2D eigenvalue weighted by Gasteiger charge is -2.04. The lowest BCUT2D eigenvalue weighted by Crippen LogP contribution is -2.01. The van der Waals surface area contributed by atoms with Crippen LogP contribution in [-0.4, -0.2) is 25.6 Å². The molecular formula is C22H24N4OS. The maximum Gasteiger partial charge on any atom is 0.119 e. The molecule has 6 heteroatoms. The van der Waals surface area contributed by atoms with E-state index in [1.165, 1.54) is 40.5 Å². The second kappa shape index (κ2) is 8.52. The number of ether oxygens (including phenoxy) is 1. The summed E-state index contributed by atoms with van der Waals surface area (Å²) in [6.45, 7) is 2.96. The van der Waals surface area contributed by atoms with Crippen molar-refractivity contribution in [3.05, 3.63) is 71.0 Å². The predicted molar refractivity (Wildman–Crippen MR) is 113 cm³/mol. The van der Waals surface area contributed by atoms with E-state index < -0.39 is 0 Å². The smallest absolute Gasteiger partial charge is 0.119 e. The maximum atomic E-state index is 5.34. The van der Waals surface area contributed by atoms with Crippen LogP contribution in [0.25, 0.3) is 11.0 Å². The summed E-state index contributed by atoms with van der Waals surface area (Å²) in [6, 6.07) is 14.5. The van der Waals surface area contributed by atoms with E-state index in [1.54, 1.807) is 7.11 Å². The minimum absolute atomic E-state index is 0.741. The first-order chi connectivity index (χ1) is 13.7. The average molecular weight is 393 g/mol. The van der Waals surface area contributed by atoms with Crippen molar-refractivity contribution in [3.63, 3.8) is 0 Å². The van der Waals surface area contributed by atoms with Crippen LogP contribution in [-0.2, 0) is 19.4 Å². The Morgan fingerprint density at radius 2 is 1.93 bits per heavy atom. The fourth-order valence-corrected chi connectivity index (χ4v) is 3.92. The van der Waals surface area contributed by atoms with E-state index in [-0.39, 0.29) is 0 Å². The normalized spacial score (nSPS) is 11.2. The number of fused-ring (bicyclic) bond motifs is 1. The van der Waals surface area contributed by atoms with Crippen molar-refractivity contribution in [2.45, 2.75) is 39.2 Å². The van der Waals surface area contributed by atoms with Gasteiger partial charge in [0.2, 0.25) is 0 Å². The first kappa shape index (κ1) is 18.6. The van der Waals surface area contributed by atoms with Gasteiger partial charge in [0.15, 0.2) is 0 Å². The molecule has 0 aliphatic rings. The molecule has 0 radical (unpaired) electrons. The first-order valence-electron chi connectivity index (χ1n) is 9.64. The van der Waals surface area contributed by atoms with Crippen molar-refractivity contribution in [1.82, 2.24) is 18.5 Å². The summed E-state index contributed by atoms with van der Waals surface area (Å²) in [4.78, 5) is 0. The van der Waals surface area contributed by atoms with Gasteiger partial charge in [-0.2, -0.15) is 13.8 Å². The van der Waals surface area contributed by atoms with Crippen LogP contribution in [0.4, 0.5) is 0 Å². The molecule has 0 unspecified atom stereocenters. The summed E-state index contributed by atoms with van der Waals surface area (Å²) >= 11 is 1.26. The molecule has 0 aliphatic heterocycles. The van der Waals surface area contributed by atoms with Crippen LogP contribution in [0, 0.1) is 0 Å². The molecule has 0 bridgehead atoms. The van der Waals surface area contributed by atoms with Crippen molar-refractivity contribution in [2.75, 3.05) is 7.11 Å². The van der Waals surface area contributed by atoms with E-state index >= 15 is 0 Å². The Bertz CT molecular complexity index is 1070. The maximum absolute atomic E-state index is 5.34. The monoisotopic (exact) mass is 392 g/mol. The number of rotatable bonds is 8. The Hall–Kier alpha value is -2.73. The number of methoxy groups -OCH3 is 1. The summed E-state index contributed by atoms with van der Waals surface area (Å²) < 4.78 is 16.1. The Kier molecular flexibility index (Phi) is 5.67. The number of aromatic nitrogens is 4. The molecule has 4 rings (SSSR count). The van der Waals surface area contributed by atoms with Gasteiger partial charge in [-0.05, 0) is 53.8 Å². The van der Waals surface area contributed by atoms with Crippen LogP contribution >= 0.6 is 11.7 Å². The minimum Gasteiger partial charge on any atom is -0.497 e. The van der Waals surface area contributed by atoms with Crippen LogP contribution < -0.4 is 4.74 Å². The van der Waals surface area contributed by atoms with Crippen LogP contribution in [0.15, 0.2) is 48.7 Å². The Balaban J connectivity index is 1.59. The number of nitrogens with zero attached hydrogens (tertiary/aromatic N) is 4. The van der Waals surface area contributed by atoms with Crippen LogP contribution in [0.1, 0.15) is 42.1 Å². The molecule has 0 saturated carbocycles. The zero-order valence-corrected chi connectivity index (χ0v) is 17.1. The minimum atomic E-state index is 0.741. The van der Waals surface area contributed by atoms with Crippen molar-refractivity contribution in [1.29, 1.82) is 0 Å². The highest BCUT2D eigenvalue weighted by Gasteiger charge is 2.11. The number of benzene rings is 2. The van der Waals surface area contributed by atoms with Crippen molar-refractivity contribution >= 4 is 22.8 Å². The van der Waals surface area contributed by atoms with Gasteiger partial charge in [0.25, 0.3) is 0 Å².